The van der Waals surface area contributed by atoms with Crippen molar-refractivity contribution in [2.45, 2.75) is 25.7 Å². The van der Waals surface area contributed by atoms with Crippen LogP contribution in [0.4, 0.5) is 5.69 Å². The molecule has 0 spiro atoms. The van der Waals surface area contributed by atoms with Gasteiger partial charge in [-0.25, -0.2) is 0 Å². The first kappa shape index (κ1) is 21.4. The highest BCUT2D eigenvalue weighted by molar-refractivity contribution is 5.81. The van der Waals surface area contributed by atoms with Crippen LogP contribution in [-0.2, 0) is 4.79 Å². The smallest absolute Gasteiger partial charge is 0.224 e. The van der Waals surface area contributed by atoms with E-state index in [0.29, 0.717) is 13.0 Å². The van der Waals surface area contributed by atoms with Gasteiger partial charge in [0.25, 0.3) is 0 Å². The lowest BCUT2D eigenvalue weighted by atomic mass is 10.1. The molecule has 2 fully saturated rings. The second-order valence-corrected chi connectivity index (χ2v) is 7.78. The molecule has 1 amide bonds. The fraction of sp³-hybridized carbons (Fsp3) is 0.636. The molecule has 2 N–H and O–H groups in total. The molecule has 1 aromatic carbocycles. The quantitative estimate of drug-likeness (QED) is 0.535. The van der Waals surface area contributed by atoms with Gasteiger partial charge in [0, 0.05) is 65.0 Å². The van der Waals surface area contributed by atoms with Crippen molar-refractivity contribution in [3.63, 3.8) is 0 Å². The Morgan fingerprint density at radius 3 is 2.31 bits per heavy atom. The van der Waals surface area contributed by atoms with Gasteiger partial charge in [-0.05, 0) is 38.1 Å². The van der Waals surface area contributed by atoms with E-state index in [-0.39, 0.29) is 5.91 Å². The monoisotopic (exact) mass is 400 g/mol. The Morgan fingerprint density at radius 2 is 1.62 bits per heavy atom. The number of hydrogen-bond donors (Lipinski definition) is 2. The van der Waals surface area contributed by atoms with Gasteiger partial charge < -0.3 is 25.3 Å². The van der Waals surface area contributed by atoms with Gasteiger partial charge in [-0.3, -0.25) is 9.79 Å². The zero-order chi connectivity index (χ0) is 20.3. The van der Waals surface area contributed by atoms with Crippen LogP contribution >= 0.6 is 0 Å². The van der Waals surface area contributed by atoms with Gasteiger partial charge in [-0.1, -0.05) is 24.6 Å². The van der Waals surface area contributed by atoms with E-state index < -0.39 is 0 Å². The zero-order valence-corrected chi connectivity index (χ0v) is 17.8. The van der Waals surface area contributed by atoms with Crippen molar-refractivity contribution in [2.24, 2.45) is 4.99 Å². The van der Waals surface area contributed by atoms with Crippen molar-refractivity contribution in [3.8, 4) is 0 Å². The van der Waals surface area contributed by atoms with Gasteiger partial charge in [-0.2, -0.15) is 0 Å². The molecule has 7 heteroatoms. The number of nitrogens with one attached hydrogen (secondary N) is 2. The van der Waals surface area contributed by atoms with E-state index in [1.807, 2.05) is 11.0 Å². The highest BCUT2D eigenvalue weighted by atomic mass is 16.2. The molecule has 7 nitrogen and oxygen atoms in total. The third-order valence-electron chi connectivity index (χ3n) is 5.78. The van der Waals surface area contributed by atoms with Crippen LogP contribution in [0.15, 0.2) is 35.3 Å². The van der Waals surface area contributed by atoms with E-state index in [1.165, 1.54) is 38.0 Å². The van der Waals surface area contributed by atoms with Crippen LogP contribution in [0.1, 0.15) is 25.7 Å². The Kier molecular flexibility index (Phi) is 8.61. The van der Waals surface area contributed by atoms with Crippen molar-refractivity contribution >= 4 is 17.6 Å². The molecule has 0 aliphatic carbocycles. The molecule has 0 bridgehead atoms. The fourth-order valence-electron chi connectivity index (χ4n) is 4.03. The summed E-state index contributed by atoms with van der Waals surface area (Å²) in [5.41, 5.74) is 1.24. The van der Waals surface area contributed by atoms with Crippen molar-refractivity contribution in [1.82, 2.24) is 20.4 Å². The number of aliphatic imine (C=N–C) groups is 1. The molecule has 0 saturated carbocycles. The van der Waals surface area contributed by atoms with Crippen molar-refractivity contribution in [3.05, 3.63) is 30.3 Å². The summed E-state index contributed by atoms with van der Waals surface area (Å²) in [6, 6.07) is 10.4. The van der Waals surface area contributed by atoms with Crippen LogP contribution in [0.5, 0.6) is 0 Å². The molecule has 29 heavy (non-hydrogen) atoms. The van der Waals surface area contributed by atoms with Gasteiger partial charge in [0.2, 0.25) is 5.91 Å². The average molecular weight is 401 g/mol. The van der Waals surface area contributed by atoms with E-state index in [1.54, 1.807) is 7.05 Å². The number of para-hydroxylation sites is 1. The average Bonchev–Trinajstić information content (AvgIpc) is 2.79. The summed E-state index contributed by atoms with van der Waals surface area (Å²) in [4.78, 5) is 23.6. The summed E-state index contributed by atoms with van der Waals surface area (Å²) in [5, 5.41) is 6.63. The van der Waals surface area contributed by atoms with Crippen LogP contribution in [0.2, 0.25) is 0 Å². The van der Waals surface area contributed by atoms with Crippen LogP contribution < -0.4 is 15.5 Å². The highest BCUT2D eigenvalue weighted by Gasteiger charge is 2.20. The number of nitrogens with zero attached hydrogens (tertiary/aromatic N) is 4. The molecule has 2 aliphatic rings. The maximum Gasteiger partial charge on any atom is 0.224 e. The number of carbonyl (C=O) groups is 1. The number of guanidine groups is 1. The Bertz CT molecular complexity index is 636. The molecule has 0 aromatic heterocycles. The minimum atomic E-state index is 0.217. The Labute approximate surface area is 175 Å². The zero-order valence-electron chi connectivity index (χ0n) is 17.8. The molecule has 3 rings (SSSR count). The second-order valence-electron chi connectivity index (χ2n) is 7.78. The topological polar surface area (TPSA) is 63.2 Å². The number of carbonyl (C=O) groups excluding carboxylic acids is 1. The van der Waals surface area contributed by atoms with Gasteiger partial charge >= 0.3 is 0 Å². The predicted molar refractivity (Wildman–Crippen MR) is 120 cm³/mol. The number of piperidine rings is 1. The van der Waals surface area contributed by atoms with E-state index in [2.05, 4.69) is 49.7 Å². The number of likely N-dealkylation sites (tertiary alicyclic amines) is 1. The van der Waals surface area contributed by atoms with E-state index in [4.69, 9.17) is 0 Å². The van der Waals surface area contributed by atoms with Gasteiger partial charge in [0.1, 0.15) is 0 Å². The van der Waals surface area contributed by atoms with Crippen molar-refractivity contribution < 1.29 is 4.79 Å². The van der Waals surface area contributed by atoms with Gasteiger partial charge in [0.05, 0.1) is 0 Å². The first-order valence-electron chi connectivity index (χ1n) is 11.0. The van der Waals surface area contributed by atoms with E-state index in [0.717, 1.165) is 45.2 Å². The molecule has 0 unspecified atom stereocenters. The summed E-state index contributed by atoms with van der Waals surface area (Å²) in [6.45, 7) is 8.32. The molecule has 2 heterocycles. The van der Waals surface area contributed by atoms with Crippen LogP contribution in [-0.4, -0.2) is 87.6 Å². The first-order chi connectivity index (χ1) is 14.3. The lowest BCUT2D eigenvalue weighted by molar-refractivity contribution is -0.131. The lowest BCUT2D eigenvalue weighted by Gasteiger charge is -2.36. The minimum Gasteiger partial charge on any atom is -0.368 e. The second kappa shape index (κ2) is 11.7. The number of piperazine rings is 1. The number of rotatable bonds is 7. The normalized spacial score (nSPS) is 18.6. The Morgan fingerprint density at radius 1 is 0.931 bits per heavy atom. The van der Waals surface area contributed by atoms with E-state index in [9.17, 15) is 4.79 Å². The van der Waals surface area contributed by atoms with Crippen molar-refractivity contribution in [2.75, 3.05) is 70.9 Å². The number of amides is 1. The summed E-state index contributed by atoms with van der Waals surface area (Å²) < 4.78 is 0. The minimum absolute atomic E-state index is 0.217. The van der Waals surface area contributed by atoms with E-state index >= 15 is 0 Å². The van der Waals surface area contributed by atoms with Crippen LogP contribution in [0, 0.1) is 0 Å². The van der Waals surface area contributed by atoms with Crippen LogP contribution in [0.3, 0.4) is 0 Å². The summed E-state index contributed by atoms with van der Waals surface area (Å²) in [7, 11) is 1.78. The van der Waals surface area contributed by atoms with Crippen LogP contribution in [0.25, 0.3) is 0 Å². The van der Waals surface area contributed by atoms with Crippen molar-refractivity contribution in [1.29, 1.82) is 0 Å². The van der Waals surface area contributed by atoms with Gasteiger partial charge in [-0.15, -0.1) is 0 Å². The highest BCUT2D eigenvalue weighted by Crippen LogP contribution is 2.15. The molecular formula is C22H36N6O. The first-order valence-corrected chi connectivity index (χ1v) is 11.0. The number of benzene rings is 1. The fourth-order valence-corrected chi connectivity index (χ4v) is 4.03. The SMILES string of the molecule is CN=C(NCCC(=O)N1CCN(c2ccccc2)CC1)NCCN1CCCCC1. The largest absolute Gasteiger partial charge is 0.368 e. The molecule has 160 valence electrons. The molecule has 1 aromatic rings. The molecule has 2 saturated heterocycles. The maximum absolute atomic E-state index is 12.5. The Balaban J connectivity index is 1.29. The molecular weight excluding hydrogens is 364 g/mol. The summed E-state index contributed by atoms with van der Waals surface area (Å²) in [6.07, 6.45) is 4.49. The summed E-state index contributed by atoms with van der Waals surface area (Å²) in [5.74, 6) is 0.998. The summed E-state index contributed by atoms with van der Waals surface area (Å²) >= 11 is 0. The number of hydrogen-bond acceptors (Lipinski definition) is 4. The predicted octanol–water partition coefficient (Wildman–Crippen LogP) is 1.38. The number of anilines is 1. The molecule has 0 radical (unpaired) electrons. The van der Waals surface area contributed by atoms with Gasteiger partial charge in [0.15, 0.2) is 5.96 Å². The maximum atomic E-state index is 12.5. The standard InChI is InChI=1S/C22H36N6O/c1-23-22(25-12-15-26-13-6-3-7-14-26)24-11-10-21(29)28-18-16-27(17-19-28)20-8-4-2-5-9-20/h2,4-5,8-9H,3,6-7,10-19H2,1H3,(H2,23,24,25). The third kappa shape index (κ3) is 6.92. The third-order valence-corrected chi connectivity index (χ3v) is 5.78. The Hall–Kier alpha value is -2.28. The molecule has 2 aliphatic heterocycles. The lowest BCUT2D eigenvalue weighted by Crippen LogP contribution is -2.49. The molecule has 0 atom stereocenters.